The van der Waals surface area contributed by atoms with E-state index in [-0.39, 0.29) is 0 Å². The van der Waals surface area contributed by atoms with Crippen LogP contribution in [0, 0.1) is 5.92 Å². The standard InChI is InChI=1S/C16H28N2O/c1-3-8-17-11-16-15(7-10-19-16)13-18(9-4-2)12-14-5-6-14/h7,10,14,17H,3-6,8-9,11-13H2,1-2H3. The second-order valence-electron chi connectivity index (χ2n) is 5.72. The molecule has 19 heavy (non-hydrogen) atoms. The van der Waals surface area contributed by atoms with Gasteiger partial charge in [-0.15, -0.1) is 0 Å². The van der Waals surface area contributed by atoms with Crippen molar-refractivity contribution in [2.24, 2.45) is 5.92 Å². The Hall–Kier alpha value is -0.800. The SMILES string of the molecule is CCCNCc1occc1CN(CCC)CC1CC1. The number of furan rings is 1. The minimum Gasteiger partial charge on any atom is -0.468 e. The molecule has 1 fully saturated rings. The molecule has 1 saturated carbocycles. The van der Waals surface area contributed by atoms with E-state index in [1.54, 1.807) is 0 Å². The lowest BCUT2D eigenvalue weighted by molar-refractivity contribution is 0.252. The summed E-state index contributed by atoms with van der Waals surface area (Å²) >= 11 is 0. The van der Waals surface area contributed by atoms with E-state index in [1.807, 2.05) is 6.26 Å². The maximum Gasteiger partial charge on any atom is 0.122 e. The van der Waals surface area contributed by atoms with Gasteiger partial charge in [-0.2, -0.15) is 0 Å². The fraction of sp³-hybridized carbons (Fsp3) is 0.750. The van der Waals surface area contributed by atoms with Crippen molar-refractivity contribution >= 4 is 0 Å². The summed E-state index contributed by atoms with van der Waals surface area (Å²) in [4.78, 5) is 2.59. The van der Waals surface area contributed by atoms with Crippen LogP contribution in [0.25, 0.3) is 0 Å². The van der Waals surface area contributed by atoms with Crippen molar-refractivity contribution in [3.63, 3.8) is 0 Å². The van der Waals surface area contributed by atoms with Crippen molar-refractivity contribution in [1.82, 2.24) is 10.2 Å². The van der Waals surface area contributed by atoms with Gasteiger partial charge in [-0.05, 0) is 50.8 Å². The van der Waals surface area contributed by atoms with Crippen molar-refractivity contribution in [1.29, 1.82) is 0 Å². The molecule has 0 unspecified atom stereocenters. The predicted molar refractivity (Wildman–Crippen MR) is 79.0 cm³/mol. The van der Waals surface area contributed by atoms with E-state index in [0.717, 1.165) is 31.3 Å². The molecular weight excluding hydrogens is 236 g/mol. The van der Waals surface area contributed by atoms with Gasteiger partial charge in [0.05, 0.1) is 12.8 Å². The molecule has 2 rings (SSSR count). The Morgan fingerprint density at radius 2 is 2.16 bits per heavy atom. The van der Waals surface area contributed by atoms with Gasteiger partial charge in [0.2, 0.25) is 0 Å². The van der Waals surface area contributed by atoms with Crippen LogP contribution in [0.2, 0.25) is 0 Å². The molecule has 0 radical (unpaired) electrons. The first-order valence-electron chi connectivity index (χ1n) is 7.81. The van der Waals surface area contributed by atoms with Crippen molar-refractivity contribution in [2.45, 2.75) is 52.6 Å². The second kappa shape index (κ2) is 7.71. The van der Waals surface area contributed by atoms with Crippen LogP contribution in [-0.2, 0) is 13.1 Å². The van der Waals surface area contributed by atoms with Gasteiger partial charge in [0.25, 0.3) is 0 Å². The van der Waals surface area contributed by atoms with E-state index in [0.29, 0.717) is 0 Å². The zero-order chi connectivity index (χ0) is 13.5. The van der Waals surface area contributed by atoms with Gasteiger partial charge < -0.3 is 9.73 Å². The molecule has 0 atom stereocenters. The topological polar surface area (TPSA) is 28.4 Å². The number of rotatable bonds is 10. The highest BCUT2D eigenvalue weighted by atomic mass is 16.3. The van der Waals surface area contributed by atoms with Crippen LogP contribution < -0.4 is 5.32 Å². The fourth-order valence-electron chi connectivity index (χ4n) is 2.50. The van der Waals surface area contributed by atoms with Gasteiger partial charge in [0, 0.05) is 18.7 Å². The largest absolute Gasteiger partial charge is 0.468 e. The Kier molecular flexibility index (Phi) is 5.93. The van der Waals surface area contributed by atoms with Crippen molar-refractivity contribution < 1.29 is 4.42 Å². The van der Waals surface area contributed by atoms with Crippen LogP contribution >= 0.6 is 0 Å². The molecule has 3 heteroatoms. The van der Waals surface area contributed by atoms with Crippen molar-refractivity contribution in [3.05, 3.63) is 23.7 Å². The van der Waals surface area contributed by atoms with Gasteiger partial charge in [-0.1, -0.05) is 13.8 Å². The van der Waals surface area contributed by atoms with Crippen LogP contribution in [-0.4, -0.2) is 24.5 Å². The maximum atomic E-state index is 5.62. The zero-order valence-corrected chi connectivity index (χ0v) is 12.5. The summed E-state index contributed by atoms with van der Waals surface area (Å²) in [6.07, 6.45) is 7.08. The third kappa shape index (κ3) is 5.00. The molecule has 1 heterocycles. The molecule has 1 aromatic heterocycles. The quantitative estimate of drug-likeness (QED) is 0.657. The average molecular weight is 264 g/mol. The Balaban J connectivity index is 1.86. The monoisotopic (exact) mass is 264 g/mol. The molecule has 0 amide bonds. The van der Waals surface area contributed by atoms with Gasteiger partial charge in [0.1, 0.15) is 5.76 Å². The molecule has 3 nitrogen and oxygen atoms in total. The molecule has 0 saturated heterocycles. The van der Waals surface area contributed by atoms with Gasteiger partial charge in [-0.3, -0.25) is 4.90 Å². The van der Waals surface area contributed by atoms with E-state index in [2.05, 4.69) is 30.1 Å². The van der Waals surface area contributed by atoms with E-state index >= 15 is 0 Å². The molecule has 1 N–H and O–H groups in total. The van der Waals surface area contributed by atoms with Gasteiger partial charge in [0.15, 0.2) is 0 Å². The molecule has 0 bridgehead atoms. The number of nitrogens with zero attached hydrogens (tertiary/aromatic N) is 1. The Bertz CT molecular complexity index is 357. The summed E-state index contributed by atoms with van der Waals surface area (Å²) in [7, 11) is 0. The summed E-state index contributed by atoms with van der Waals surface area (Å²) in [5.41, 5.74) is 1.36. The van der Waals surface area contributed by atoms with Crippen LogP contribution in [0.15, 0.2) is 16.7 Å². The summed E-state index contributed by atoms with van der Waals surface area (Å²) < 4.78 is 5.62. The second-order valence-corrected chi connectivity index (χ2v) is 5.72. The highest BCUT2D eigenvalue weighted by Crippen LogP contribution is 2.30. The Morgan fingerprint density at radius 1 is 1.32 bits per heavy atom. The van der Waals surface area contributed by atoms with E-state index in [4.69, 9.17) is 4.42 Å². The summed E-state index contributed by atoms with van der Waals surface area (Å²) in [6.45, 7) is 9.88. The predicted octanol–water partition coefficient (Wildman–Crippen LogP) is 3.40. The Morgan fingerprint density at radius 3 is 2.84 bits per heavy atom. The number of hydrogen-bond donors (Lipinski definition) is 1. The van der Waals surface area contributed by atoms with Crippen LogP contribution in [0.5, 0.6) is 0 Å². The highest BCUT2D eigenvalue weighted by Gasteiger charge is 2.24. The average Bonchev–Trinajstić information content (AvgIpc) is 3.10. The third-order valence-corrected chi connectivity index (χ3v) is 3.70. The highest BCUT2D eigenvalue weighted by molar-refractivity contribution is 5.17. The zero-order valence-electron chi connectivity index (χ0n) is 12.5. The normalized spacial score (nSPS) is 15.3. The first-order valence-corrected chi connectivity index (χ1v) is 7.81. The van der Waals surface area contributed by atoms with E-state index in [9.17, 15) is 0 Å². The summed E-state index contributed by atoms with van der Waals surface area (Å²) in [6, 6.07) is 2.14. The molecule has 0 aliphatic heterocycles. The van der Waals surface area contributed by atoms with E-state index in [1.165, 1.54) is 44.3 Å². The fourth-order valence-corrected chi connectivity index (χ4v) is 2.50. The van der Waals surface area contributed by atoms with Gasteiger partial charge >= 0.3 is 0 Å². The summed E-state index contributed by atoms with van der Waals surface area (Å²) in [5, 5.41) is 3.42. The molecule has 0 spiro atoms. The molecular formula is C16H28N2O. The molecule has 108 valence electrons. The lowest BCUT2D eigenvalue weighted by Crippen LogP contribution is -2.27. The smallest absolute Gasteiger partial charge is 0.122 e. The number of nitrogens with one attached hydrogen (secondary N) is 1. The lowest BCUT2D eigenvalue weighted by atomic mass is 10.2. The first kappa shape index (κ1) is 14.6. The van der Waals surface area contributed by atoms with Crippen LogP contribution in [0.3, 0.4) is 0 Å². The Labute approximate surface area is 117 Å². The lowest BCUT2D eigenvalue weighted by Gasteiger charge is -2.21. The van der Waals surface area contributed by atoms with E-state index < -0.39 is 0 Å². The minimum absolute atomic E-state index is 0.861. The maximum absolute atomic E-state index is 5.62. The molecule has 1 aromatic rings. The van der Waals surface area contributed by atoms with Crippen molar-refractivity contribution in [3.8, 4) is 0 Å². The van der Waals surface area contributed by atoms with Crippen molar-refractivity contribution in [2.75, 3.05) is 19.6 Å². The first-order chi connectivity index (χ1) is 9.33. The summed E-state index contributed by atoms with van der Waals surface area (Å²) in [5.74, 6) is 2.07. The minimum atomic E-state index is 0.861. The molecule has 0 aromatic carbocycles. The van der Waals surface area contributed by atoms with Crippen LogP contribution in [0.4, 0.5) is 0 Å². The number of hydrogen-bond acceptors (Lipinski definition) is 3. The third-order valence-electron chi connectivity index (χ3n) is 3.70. The van der Waals surface area contributed by atoms with Gasteiger partial charge in [-0.25, -0.2) is 0 Å². The molecule has 1 aliphatic rings. The van der Waals surface area contributed by atoms with Crippen LogP contribution in [0.1, 0.15) is 50.9 Å². The molecule has 1 aliphatic carbocycles.